The number of methoxy groups -OCH3 is 1. The van der Waals surface area contributed by atoms with E-state index < -0.39 is 0 Å². The van der Waals surface area contributed by atoms with Gasteiger partial charge in [0.2, 0.25) is 0 Å². The molecule has 6 heteroatoms. The number of nitrogens with one attached hydrogen (secondary N) is 1. The third-order valence-corrected chi connectivity index (χ3v) is 2.97. The number of hydrogen-bond donors (Lipinski definition) is 1. The van der Waals surface area contributed by atoms with Crippen LogP contribution in [0.15, 0.2) is 53.5 Å². The number of nitrogens with zero attached hydrogens (tertiary/aromatic N) is 3. The molecule has 0 aliphatic rings. The number of rotatable bonds is 3. The van der Waals surface area contributed by atoms with E-state index in [2.05, 4.69) is 20.2 Å². The van der Waals surface area contributed by atoms with Crippen molar-refractivity contribution in [3.63, 3.8) is 0 Å². The molecule has 0 fully saturated rings. The Morgan fingerprint density at radius 2 is 1.86 bits per heavy atom. The first-order valence-corrected chi connectivity index (χ1v) is 6.31. The van der Waals surface area contributed by atoms with Crippen LogP contribution in [0.1, 0.15) is 0 Å². The third-order valence-electron chi connectivity index (χ3n) is 2.97. The topological polar surface area (TPSA) is 80.8 Å². The van der Waals surface area contributed by atoms with Crippen molar-refractivity contribution in [3.8, 4) is 28.5 Å². The van der Waals surface area contributed by atoms with E-state index >= 15 is 0 Å². The minimum Gasteiger partial charge on any atom is -0.497 e. The zero-order valence-electron chi connectivity index (χ0n) is 11.3. The Morgan fingerprint density at radius 1 is 1.05 bits per heavy atom. The summed E-state index contributed by atoms with van der Waals surface area (Å²) < 4.78 is 5.08. The fourth-order valence-electron chi connectivity index (χ4n) is 1.89. The van der Waals surface area contributed by atoms with Gasteiger partial charge in [-0.1, -0.05) is 6.07 Å². The van der Waals surface area contributed by atoms with E-state index in [0.29, 0.717) is 22.8 Å². The number of pyridine rings is 1. The highest BCUT2D eigenvalue weighted by Gasteiger charge is 2.09. The molecule has 1 aromatic carbocycles. The van der Waals surface area contributed by atoms with Gasteiger partial charge in [-0.3, -0.25) is 9.78 Å². The first-order chi connectivity index (χ1) is 10.3. The number of H-pyrrole nitrogens is 1. The Morgan fingerprint density at radius 3 is 2.48 bits per heavy atom. The highest BCUT2D eigenvalue weighted by atomic mass is 16.5. The SMILES string of the molecule is COc1ccc(-c2nnc(-c3ccccn3)[nH]c2=O)cc1. The van der Waals surface area contributed by atoms with Gasteiger partial charge in [0.15, 0.2) is 11.5 Å². The first-order valence-electron chi connectivity index (χ1n) is 6.31. The van der Waals surface area contributed by atoms with Crippen molar-refractivity contribution < 1.29 is 4.74 Å². The van der Waals surface area contributed by atoms with Crippen LogP contribution in [0.3, 0.4) is 0 Å². The molecule has 3 aromatic rings. The lowest BCUT2D eigenvalue weighted by molar-refractivity contribution is 0.415. The Labute approximate surface area is 120 Å². The van der Waals surface area contributed by atoms with Crippen LogP contribution in [0.5, 0.6) is 5.75 Å². The fourth-order valence-corrected chi connectivity index (χ4v) is 1.89. The smallest absolute Gasteiger partial charge is 0.278 e. The van der Waals surface area contributed by atoms with Crippen LogP contribution in [0.4, 0.5) is 0 Å². The molecule has 6 nitrogen and oxygen atoms in total. The van der Waals surface area contributed by atoms with Crippen molar-refractivity contribution >= 4 is 0 Å². The summed E-state index contributed by atoms with van der Waals surface area (Å²) in [6, 6.07) is 12.4. The van der Waals surface area contributed by atoms with Crippen LogP contribution in [-0.2, 0) is 0 Å². The standard InChI is InChI=1S/C15H12N4O2/c1-21-11-7-5-10(6-8-11)13-15(20)17-14(19-18-13)12-4-2-3-9-16-12/h2-9H,1H3,(H,17,19,20). The second kappa shape index (κ2) is 5.54. The van der Waals surface area contributed by atoms with Crippen molar-refractivity contribution in [2.24, 2.45) is 0 Å². The summed E-state index contributed by atoms with van der Waals surface area (Å²) in [7, 11) is 1.59. The monoisotopic (exact) mass is 280 g/mol. The van der Waals surface area contributed by atoms with Crippen LogP contribution in [0.2, 0.25) is 0 Å². The molecule has 0 aliphatic heterocycles. The second-order valence-electron chi connectivity index (χ2n) is 4.29. The summed E-state index contributed by atoms with van der Waals surface area (Å²) in [4.78, 5) is 19.0. The molecule has 0 bridgehead atoms. The lowest BCUT2D eigenvalue weighted by Crippen LogP contribution is -2.14. The average Bonchev–Trinajstić information content (AvgIpc) is 2.56. The molecule has 0 saturated carbocycles. The minimum absolute atomic E-state index is 0.261. The highest BCUT2D eigenvalue weighted by molar-refractivity contribution is 5.59. The van der Waals surface area contributed by atoms with Gasteiger partial charge >= 0.3 is 0 Å². The molecule has 0 atom stereocenters. The van der Waals surface area contributed by atoms with E-state index in [1.54, 1.807) is 49.7 Å². The van der Waals surface area contributed by atoms with Gasteiger partial charge in [0.1, 0.15) is 11.4 Å². The molecule has 2 aromatic heterocycles. The van der Waals surface area contributed by atoms with Gasteiger partial charge in [-0.2, -0.15) is 0 Å². The number of benzene rings is 1. The molecule has 0 unspecified atom stereocenters. The van der Waals surface area contributed by atoms with E-state index in [0.717, 1.165) is 0 Å². The highest BCUT2D eigenvalue weighted by Crippen LogP contribution is 2.18. The van der Waals surface area contributed by atoms with Gasteiger partial charge in [-0.25, -0.2) is 0 Å². The third kappa shape index (κ3) is 2.64. The molecule has 3 rings (SSSR count). The van der Waals surface area contributed by atoms with Gasteiger partial charge in [0.05, 0.1) is 7.11 Å². The normalized spacial score (nSPS) is 10.3. The summed E-state index contributed by atoms with van der Waals surface area (Å²) >= 11 is 0. The molecule has 104 valence electrons. The van der Waals surface area contributed by atoms with Gasteiger partial charge in [0.25, 0.3) is 5.56 Å². The summed E-state index contributed by atoms with van der Waals surface area (Å²) in [5.41, 5.74) is 1.20. The van der Waals surface area contributed by atoms with Gasteiger partial charge < -0.3 is 9.72 Å². The number of aromatic nitrogens is 4. The Hall–Kier alpha value is -3.02. The maximum absolute atomic E-state index is 12.2. The Balaban J connectivity index is 2.00. The summed E-state index contributed by atoms with van der Waals surface area (Å²) in [6.45, 7) is 0. The van der Waals surface area contributed by atoms with Crippen LogP contribution in [0.25, 0.3) is 22.8 Å². The van der Waals surface area contributed by atoms with Crippen molar-refractivity contribution in [2.75, 3.05) is 7.11 Å². The molecule has 0 amide bonds. The minimum atomic E-state index is -0.309. The van der Waals surface area contributed by atoms with Crippen LogP contribution < -0.4 is 10.3 Å². The van der Waals surface area contributed by atoms with E-state index in [4.69, 9.17) is 4.74 Å². The molecule has 2 heterocycles. The van der Waals surface area contributed by atoms with E-state index in [-0.39, 0.29) is 11.3 Å². The maximum Gasteiger partial charge on any atom is 0.278 e. The number of aromatic amines is 1. The van der Waals surface area contributed by atoms with Crippen LogP contribution >= 0.6 is 0 Å². The molecular weight excluding hydrogens is 268 g/mol. The lowest BCUT2D eigenvalue weighted by Gasteiger charge is -2.03. The number of ether oxygens (including phenoxy) is 1. The largest absolute Gasteiger partial charge is 0.497 e. The van der Waals surface area contributed by atoms with Crippen molar-refractivity contribution in [1.29, 1.82) is 0 Å². The van der Waals surface area contributed by atoms with E-state index in [1.807, 2.05) is 6.07 Å². The van der Waals surface area contributed by atoms with Gasteiger partial charge in [0, 0.05) is 11.8 Å². The van der Waals surface area contributed by atoms with Gasteiger partial charge in [-0.05, 0) is 36.4 Å². The summed E-state index contributed by atoms with van der Waals surface area (Å²) in [5.74, 6) is 1.06. The van der Waals surface area contributed by atoms with E-state index in [9.17, 15) is 4.79 Å². The molecule has 0 spiro atoms. The Kier molecular flexibility index (Phi) is 3.42. The van der Waals surface area contributed by atoms with Crippen LogP contribution in [-0.4, -0.2) is 27.3 Å². The van der Waals surface area contributed by atoms with Crippen molar-refractivity contribution in [2.45, 2.75) is 0 Å². The molecule has 0 radical (unpaired) electrons. The summed E-state index contributed by atoms with van der Waals surface area (Å²) in [5, 5.41) is 8.04. The molecular formula is C15H12N4O2. The molecule has 1 N–H and O–H groups in total. The molecule has 0 aliphatic carbocycles. The van der Waals surface area contributed by atoms with Gasteiger partial charge in [-0.15, -0.1) is 10.2 Å². The van der Waals surface area contributed by atoms with E-state index in [1.165, 1.54) is 0 Å². The zero-order chi connectivity index (χ0) is 14.7. The molecule has 0 saturated heterocycles. The average molecular weight is 280 g/mol. The number of hydrogen-bond acceptors (Lipinski definition) is 5. The maximum atomic E-state index is 12.2. The predicted octanol–water partition coefficient (Wildman–Crippen LogP) is 1.90. The van der Waals surface area contributed by atoms with Crippen molar-refractivity contribution in [3.05, 3.63) is 59.0 Å². The second-order valence-corrected chi connectivity index (χ2v) is 4.29. The summed E-state index contributed by atoms with van der Waals surface area (Å²) in [6.07, 6.45) is 1.63. The zero-order valence-corrected chi connectivity index (χ0v) is 11.3. The Bertz CT molecular complexity index is 798. The van der Waals surface area contributed by atoms with Crippen LogP contribution in [0, 0.1) is 0 Å². The first kappa shape index (κ1) is 13.0. The predicted molar refractivity (Wildman–Crippen MR) is 77.9 cm³/mol. The van der Waals surface area contributed by atoms with Crippen molar-refractivity contribution in [1.82, 2.24) is 20.2 Å². The molecule has 21 heavy (non-hydrogen) atoms. The fraction of sp³-hybridized carbons (Fsp3) is 0.0667. The lowest BCUT2D eigenvalue weighted by atomic mass is 10.1. The quantitative estimate of drug-likeness (QED) is 0.792.